The number of nitrogens with zero attached hydrogens (tertiary/aromatic N) is 2. The van der Waals surface area contributed by atoms with Gasteiger partial charge in [0.2, 0.25) is 0 Å². The molecule has 0 aliphatic carbocycles. The summed E-state index contributed by atoms with van der Waals surface area (Å²) in [5, 5.41) is 3.24. The summed E-state index contributed by atoms with van der Waals surface area (Å²) in [5.41, 5.74) is 3.71. The van der Waals surface area contributed by atoms with Gasteiger partial charge in [-0.25, -0.2) is 4.98 Å². The quantitative estimate of drug-likeness (QED) is 0.869. The predicted octanol–water partition coefficient (Wildman–Crippen LogP) is 2.90. The van der Waals surface area contributed by atoms with Crippen molar-refractivity contribution in [3.05, 3.63) is 22.9 Å². The van der Waals surface area contributed by atoms with E-state index in [9.17, 15) is 0 Å². The van der Waals surface area contributed by atoms with Crippen LogP contribution in [-0.4, -0.2) is 25.1 Å². The summed E-state index contributed by atoms with van der Waals surface area (Å²) >= 11 is 0. The van der Waals surface area contributed by atoms with Crippen LogP contribution < -0.4 is 10.2 Å². The zero-order chi connectivity index (χ0) is 13.9. The van der Waals surface area contributed by atoms with Crippen LogP contribution in [-0.2, 0) is 6.54 Å². The Hall–Kier alpha value is -1.09. The SMILES string of the molecule is CNCc1c(C)cc(C)nc1N(C)C(C)C(C)C. The Labute approximate surface area is 112 Å². The second-order valence-electron chi connectivity index (χ2n) is 5.51. The topological polar surface area (TPSA) is 28.2 Å². The Bertz CT molecular complexity index is 399. The lowest BCUT2D eigenvalue weighted by molar-refractivity contribution is 0.501. The first-order valence-electron chi connectivity index (χ1n) is 6.73. The van der Waals surface area contributed by atoms with Crippen LogP contribution in [0.1, 0.15) is 37.6 Å². The van der Waals surface area contributed by atoms with Gasteiger partial charge in [-0.3, -0.25) is 0 Å². The molecule has 0 aromatic carbocycles. The van der Waals surface area contributed by atoms with Crippen LogP contribution in [0.4, 0.5) is 5.82 Å². The molecule has 1 aromatic rings. The molecule has 0 amide bonds. The summed E-state index contributed by atoms with van der Waals surface area (Å²) in [5.74, 6) is 1.73. The van der Waals surface area contributed by atoms with E-state index >= 15 is 0 Å². The van der Waals surface area contributed by atoms with Crippen molar-refractivity contribution in [3.8, 4) is 0 Å². The van der Waals surface area contributed by atoms with E-state index in [2.05, 4.69) is 57.9 Å². The molecule has 0 saturated carbocycles. The molecule has 1 N–H and O–H groups in total. The molecule has 0 aliphatic heterocycles. The van der Waals surface area contributed by atoms with E-state index in [1.807, 2.05) is 7.05 Å². The first-order chi connectivity index (χ1) is 8.38. The van der Waals surface area contributed by atoms with Crippen LogP contribution in [0.3, 0.4) is 0 Å². The van der Waals surface area contributed by atoms with Gasteiger partial charge in [0.15, 0.2) is 0 Å². The first kappa shape index (κ1) is 15.0. The minimum atomic E-state index is 0.481. The Kier molecular flexibility index (Phi) is 5.15. The maximum absolute atomic E-state index is 4.74. The van der Waals surface area contributed by atoms with Crippen molar-refractivity contribution in [1.29, 1.82) is 0 Å². The standard InChI is InChI=1S/C15H27N3/c1-10(2)13(5)18(7)15-14(9-16-6)11(3)8-12(4)17-15/h8,10,13,16H,9H2,1-7H3. The Morgan fingerprint density at radius 3 is 2.39 bits per heavy atom. The van der Waals surface area contributed by atoms with Gasteiger partial charge in [0.1, 0.15) is 5.82 Å². The molecule has 0 aliphatic rings. The van der Waals surface area contributed by atoms with Crippen LogP contribution in [0.25, 0.3) is 0 Å². The van der Waals surface area contributed by atoms with E-state index in [1.54, 1.807) is 0 Å². The summed E-state index contributed by atoms with van der Waals surface area (Å²) in [6.07, 6.45) is 0. The largest absolute Gasteiger partial charge is 0.356 e. The van der Waals surface area contributed by atoms with E-state index in [4.69, 9.17) is 4.98 Å². The van der Waals surface area contributed by atoms with Gasteiger partial charge in [-0.15, -0.1) is 0 Å². The smallest absolute Gasteiger partial charge is 0.133 e. The number of aromatic nitrogens is 1. The van der Waals surface area contributed by atoms with Crippen molar-refractivity contribution >= 4 is 5.82 Å². The van der Waals surface area contributed by atoms with Crippen LogP contribution in [0.2, 0.25) is 0 Å². The molecule has 102 valence electrons. The summed E-state index contributed by atoms with van der Waals surface area (Å²) < 4.78 is 0. The minimum Gasteiger partial charge on any atom is -0.356 e. The normalized spacial score (nSPS) is 12.9. The van der Waals surface area contributed by atoms with Gasteiger partial charge in [0.05, 0.1) is 0 Å². The third-order valence-electron chi connectivity index (χ3n) is 3.72. The Balaban J connectivity index is 3.20. The van der Waals surface area contributed by atoms with Gasteiger partial charge < -0.3 is 10.2 Å². The molecular formula is C15H27N3. The highest BCUT2D eigenvalue weighted by molar-refractivity contribution is 5.51. The number of nitrogens with one attached hydrogen (secondary N) is 1. The van der Waals surface area contributed by atoms with Gasteiger partial charge in [0, 0.05) is 30.9 Å². The molecule has 0 spiro atoms. The molecule has 3 heteroatoms. The second-order valence-corrected chi connectivity index (χ2v) is 5.51. The fourth-order valence-electron chi connectivity index (χ4n) is 2.17. The van der Waals surface area contributed by atoms with Gasteiger partial charge in [-0.1, -0.05) is 13.8 Å². The number of hydrogen-bond donors (Lipinski definition) is 1. The molecule has 1 unspecified atom stereocenters. The number of anilines is 1. The molecule has 0 saturated heterocycles. The summed E-state index contributed by atoms with van der Waals surface area (Å²) in [7, 11) is 4.12. The fraction of sp³-hybridized carbons (Fsp3) is 0.667. The predicted molar refractivity (Wildman–Crippen MR) is 79.2 cm³/mol. The van der Waals surface area contributed by atoms with Gasteiger partial charge >= 0.3 is 0 Å². The molecule has 0 radical (unpaired) electrons. The molecule has 1 heterocycles. The van der Waals surface area contributed by atoms with E-state index < -0.39 is 0 Å². The average molecular weight is 249 g/mol. The maximum Gasteiger partial charge on any atom is 0.133 e. The third kappa shape index (κ3) is 3.22. The first-order valence-corrected chi connectivity index (χ1v) is 6.73. The van der Waals surface area contributed by atoms with E-state index in [-0.39, 0.29) is 0 Å². The zero-order valence-corrected chi connectivity index (χ0v) is 12.8. The van der Waals surface area contributed by atoms with Crippen molar-refractivity contribution in [1.82, 2.24) is 10.3 Å². The van der Waals surface area contributed by atoms with Crippen LogP contribution in [0.5, 0.6) is 0 Å². The Morgan fingerprint density at radius 2 is 1.89 bits per heavy atom. The van der Waals surface area contributed by atoms with E-state index in [0.29, 0.717) is 12.0 Å². The van der Waals surface area contributed by atoms with Crippen molar-refractivity contribution in [3.63, 3.8) is 0 Å². The Morgan fingerprint density at radius 1 is 1.28 bits per heavy atom. The molecular weight excluding hydrogens is 222 g/mol. The third-order valence-corrected chi connectivity index (χ3v) is 3.72. The highest BCUT2D eigenvalue weighted by Gasteiger charge is 2.19. The van der Waals surface area contributed by atoms with Gasteiger partial charge in [-0.05, 0) is 45.4 Å². The van der Waals surface area contributed by atoms with Crippen molar-refractivity contribution in [2.45, 2.75) is 47.2 Å². The minimum absolute atomic E-state index is 0.481. The van der Waals surface area contributed by atoms with Crippen LogP contribution in [0.15, 0.2) is 6.07 Å². The van der Waals surface area contributed by atoms with Gasteiger partial charge in [0.25, 0.3) is 0 Å². The molecule has 1 aromatic heterocycles. The molecule has 0 bridgehead atoms. The van der Waals surface area contributed by atoms with Crippen molar-refractivity contribution < 1.29 is 0 Å². The zero-order valence-electron chi connectivity index (χ0n) is 12.8. The van der Waals surface area contributed by atoms with Crippen LogP contribution >= 0.6 is 0 Å². The highest BCUT2D eigenvalue weighted by atomic mass is 15.2. The fourth-order valence-corrected chi connectivity index (χ4v) is 2.17. The molecule has 1 atom stereocenters. The molecule has 18 heavy (non-hydrogen) atoms. The summed E-state index contributed by atoms with van der Waals surface area (Å²) in [6.45, 7) is 11.9. The molecule has 1 rings (SSSR count). The second kappa shape index (κ2) is 6.19. The maximum atomic E-state index is 4.74. The van der Waals surface area contributed by atoms with Crippen molar-refractivity contribution in [2.24, 2.45) is 5.92 Å². The number of rotatable bonds is 5. The van der Waals surface area contributed by atoms with E-state index in [1.165, 1.54) is 11.1 Å². The summed E-state index contributed by atoms with van der Waals surface area (Å²) in [4.78, 5) is 7.04. The number of pyridine rings is 1. The molecule has 0 fully saturated rings. The lowest BCUT2D eigenvalue weighted by atomic mass is 10.0. The monoisotopic (exact) mass is 249 g/mol. The lowest BCUT2D eigenvalue weighted by Crippen LogP contribution is -2.35. The highest BCUT2D eigenvalue weighted by Crippen LogP contribution is 2.25. The summed E-state index contributed by atoms with van der Waals surface area (Å²) in [6, 6.07) is 2.64. The molecule has 3 nitrogen and oxygen atoms in total. The van der Waals surface area contributed by atoms with E-state index in [0.717, 1.165) is 18.1 Å². The van der Waals surface area contributed by atoms with Gasteiger partial charge in [-0.2, -0.15) is 0 Å². The number of aryl methyl sites for hydroxylation is 2. The van der Waals surface area contributed by atoms with Crippen LogP contribution in [0, 0.1) is 19.8 Å². The average Bonchev–Trinajstić information content (AvgIpc) is 2.30. The number of hydrogen-bond acceptors (Lipinski definition) is 3. The van der Waals surface area contributed by atoms with Crippen molar-refractivity contribution in [2.75, 3.05) is 19.0 Å². The lowest BCUT2D eigenvalue weighted by Gasteiger charge is -2.31.